The van der Waals surface area contributed by atoms with E-state index in [0.717, 1.165) is 0 Å². The zero-order valence-corrected chi connectivity index (χ0v) is 14.8. The second kappa shape index (κ2) is 9.90. The molecule has 0 aliphatic carbocycles. The molecule has 1 rings (SSSR count). The van der Waals surface area contributed by atoms with E-state index in [-0.39, 0.29) is 36.8 Å². The average Bonchev–Trinajstić information content (AvgIpc) is 2.40. The van der Waals surface area contributed by atoms with E-state index < -0.39 is 0 Å². The second-order valence-corrected chi connectivity index (χ2v) is 5.76. The normalized spacial score (nSPS) is 11.3. The fourth-order valence-corrected chi connectivity index (χ4v) is 1.92. The summed E-state index contributed by atoms with van der Waals surface area (Å²) < 4.78 is 0. The zero-order chi connectivity index (χ0) is 16.0. The van der Waals surface area contributed by atoms with E-state index in [1.807, 2.05) is 6.92 Å². The summed E-state index contributed by atoms with van der Waals surface area (Å²) in [7, 11) is 1.58. The van der Waals surface area contributed by atoms with Crippen molar-refractivity contribution in [3.63, 3.8) is 0 Å². The predicted molar refractivity (Wildman–Crippen MR) is 92.9 cm³/mol. The Bertz CT molecular complexity index is 524. The molecule has 0 radical (unpaired) electrons. The summed E-state index contributed by atoms with van der Waals surface area (Å²) in [5.41, 5.74) is 6.13. The molecule has 1 unspecified atom stereocenters. The van der Waals surface area contributed by atoms with Gasteiger partial charge in [0, 0.05) is 25.2 Å². The average molecular weight is 369 g/mol. The first kappa shape index (κ1) is 21.0. The first-order valence-corrected chi connectivity index (χ1v) is 7.29. The van der Waals surface area contributed by atoms with Crippen LogP contribution in [0, 0.1) is 0 Å². The van der Waals surface area contributed by atoms with Gasteiger partial charge in [-0.2, -0.15) is 0 Å². The Morgan fingerprint density at radius 3 is 2.50 bits per heavy atom. The number of carbonyl (C=O) groups excluding carboxylic acids is 2. The van der Waals surface area contributed by atoms with Crippen molar-refractivity contribution in [3.8, 4) is 0 Å². The number of nitrogens with two attached hydrogens (primary N) is 1. The highest BCUT2D eigenvalue weighted by Crippen LogP contribution is 2.24. The van der Waals surface area contributed by atoms with E-state index in [9.17, 15) is 9.59 Å². The van der Waals surface area contributed by atoms with Crippen LogP contribution in [0.2, 0.25) is 10.0 Å². The molecular weight excluding hydrogens is 349 g/mol. The number of halogens is 3. The van der Waals surface area contributed by atoms with Crippen LogP contribution in [0.25, 0.3) is 0 Å². The van der Waals surface area contributed by atoms with Crippen LogP contribution >= 0.6 is 35.6 Å². The molecular formula is C14H20Cl3N3O2. The maximum atomic E-state index is 11.9. The topological polar surface area (TPSA) is 75.4 Å². The van der Waals surface area contributed by atoms with E-state index in [2.05, 4.69) is 5.32 Å². The molecule has 0 spiro atoms. The molecule has 0 saturated heterocycles. The molecule has 0 aromatic heterocycles. The molecule has 124 valence electrons. The van der Waals surface area contributed by atoms with Gasteiger partial charge in [0.15, 0.2) is 0 Å². The smallest absolute Gasteiger partial charge is 0.243 e. The van der Waals surface area contributed by atoms with Gasteiger partial charge in [-0.1, -0.05) is 23.2 Å². The van der Waals surface area contributed by atoms with Crippen molar-refractivity contribution in [2.45, 2.75) is 25.8 Å². The molecule has 0 heterocycles. The third-order valence-corrected chi connectivity index (χ3v) is 3.56. The third-order valence-electron chi connectivity index (χ3n) is 2.82. The number of rotatable bonds is 6. The summed E-state index contributed by atoms with van der Waals surface area (Å²) in [5, 5.41) is 3.43. The molecule has 8 heteroatoms. The third kappa shape index (κ3) is 7.31. The minimum atomic E-state index is -0.301. The fraction of sp³-hybridized carbons (Fsp3) is 0.429. The number of amides is 2. The van der Waals surface area contributed by atoms with E-state index >= 15 is 0 Å². The first-order chi connectivity index (χ1) is 9.79. The van der Waals surface area contributed by atoms with Crippen LogP contribution in [0.5, 0.6) is 0 Å². The number of hydrogen-bond acceptors (Lipinski definition) is 3. The van der Waals surface area contributed by atoms with Gasteiger partial charge >= 0.3 is 0 Å². The summed E-state index contributed by atoms with van der Waals surface area (Å²) in [5.74, 6) is -0.415. The van der Waals surface area contributed by atoms with Crippen LogP contribution in [0.15, 0.2) is 18.2 Å². The highest BCUT2D eigenvalue weighted by Gasteiger charge is 2.13. The fourth-order valence-electron chi connectivity index (χ4n) is 1.62. The monoisotopic (exact) mass is 367 g/mol. The summed E-state index contributed by atoms with van der Waals surface area (Å²) in [4.78, 5) is 25.0. The molecule has 0 fully saturated rings. The molecule has 22 heavy (non-hydrogen) atoms. The maximum absolute atomic E-state index is 11.9. The molecule has 1 aromatic rings. The standard InChI is InChI=1S/C14H19Cl2N3O2.ClH/c1-9(17)3-6-14(21)19(2)8-13(20)18-10-4-5-11(15)12(16)7-10;/h4-5,7,9H,3,6,8,17H2,1-2H3,(H,18,20);1H. The lowest BCUT2D eigenvalue weighted by atomic mass is 10.2. The molecule has 0 aliphatic rings. The van der Waals surface area contributed by atoms with Gasteiger partial charge in [-0.25, -0.2) is 0 Å². The Morgan fingerprint density at radius 2 is 1.95 bits per heavy atom. The second-order valence-electron chi connectivity index (χ2n) is 4.94. The quantitative estimate of drug-likeness (QED) is 0.810. The Kier molecular flexibility index (Phi) is 9.44. The number of hydrogen-bond donors (Lipinski definition) is 2. The predicted octanol–water partition coefficient (Wildman–Crippen LogP) is 2.94. The highest BCUT2D eigenvalue weighted by atomic mass is 35.5. The van der Waals surface area contributed by atoms with Gasteiger partial charge in [-0.05, 0) is 31.5 Å². The van der Waals surface area contributed by atoms with Crippen LogP contribution in [0.3, 0.4) is 0 Å². The molecule has 2 amide bonds. The van der Waals surface area contributed by atoms with Crippen LogP contribution in [0.4, 0.5) is 5.69 Å². The SMILES string of the molecule is CC(N)CCC(=O)N(C)CC(=O)Nc1ccc(Cl)c(Cl)c1.Cl. The van der Waals surface area contributed by atoms with Crippen LogP contribution in [-0.2, 0) is 9.59 Å². The summed E-state index contributed by atoms with van der Waals surface area (Å²) in [6, 6.07) is 4.76. The van der Waals surface area contributed by atoms with Gasteiger partial charge in [0.25, 0.3) is 0 Å². The van der Waals surface area contributed by atoms with Gasteiger partial charge in [0.05, 0.1) is 16.6 Å². The molecule has 0 bridgehead atoms. The summed E-state index contributed by atoms with van der Waals surface area (Å²) >= 11 is 11.7. The molecule has 0 saturated carbocycles. The number of anilines is 1. The number of carbonyl (C=O) groups is 2. The molecule has 0 aliphatic heterocycles. The van der Waals surface area contributed by atoms with E-state index in [1.165, 1.54) is 4.90 Å². The van der Waals surface area contributed by atoms with Crippen molar-refractivity contribution in [2.75, 3.05) is 18.9 Å². The summed E-state index contributed by atoms with van der Waals surface area (Å²) in [6.07, 6.45) is 0.922. The van der Waals surface area contributed by atoms with Gasteiger partial charge in [-0.15, -0.1) is 12.4 Å². The Labute approximate surface area is 146 Å². The van der Waals surface area contributed by atoms with Gasteiger partial charge in [-0.3, -0.25) is 9.59 Å². The number of nitrogens with zero attached hydrogens (tertiary/aromatic N) is 1. The van der Waals surface area contributed by atoms with Gasteiger partial charge in [0.1, 0.15) is 0 Å². The van der Waals surface area contributed by atoms with Crippen molar-refractivity contribution in [3.05, 3.63) is 28.2 Å². The number of likely N-dealkylation sites (N-methyl/N-ethyl adjacent to an activating group) is 1. The van der Waals surface area contributed by atoms with Crippen molar-refractivity contribution < 1.29 is 9.59 Å². The van der Waals surface area contributed by atoms with Crippen molar-refractivity contribution in [2.24, 2.45) is 5.73 Å². The molecule has 5 nitrogen and oxygen atoms in total. The van der Waals surface area contributed by atoms with E-state index in [1.54, 1.807) is 25.2 Å². The van der Waals surface area contributed by atoms with E-state index in [0.29, 0.717) is 28.6 Å². The van der Waals surface area contributed by atoms with Crippen molar-refractivity contribution in [1.82, 2.24) is 4.90 Å². The van der Waals surface area contributed by atoms with Crippen molar-refractivity contribution in [1.29, 1.82) is 0 Å². The van der Waals surface area contributed by atoms with Crippen LogP contribution in [-0.4, -0.2) is 36.3 Å². The van der Waals surface area contributed by atoms with Gasteiger partial charge < -0.3 is 16.0 Å². The molecule has 3 N–H and O–H groups in total. The van der Waals surface area contributed by atoms with Crippen LogP contribution in [0.1, 0.15) is 19.8 Å². The lowest BCUT2D eigenvalue weighted by molar-refractivity contribution is -0.133. The Balaban J connectivity index is 0.00000441. The molecule has 1 atom stereocenters. The van der Waals surface area contributed by atoms with Gasteiger partial charge in [0.2, 0.25) is 11.8 Å². The lowest BCUT2D eigenvalue weighted by Gasteiger charge is -2.17. The summed E-state index contributed by atoms with van der Waals surface area (Å²) in [6.45, 7) is 1.81. The Hall–Kier alpha value is -1.01. The Morgan fingerprint density at radius 1 is 1.32 bits per heavy atom. The van der Waals surface area contributed by atoms with E-state index in [4.69, 9.17) is 28.9 Å². The zero-order valence-electron chi connectivity index (χ0n) is 12.4. The minimum Gasteiger partial charge on any atom is -0.336 e. The largest absolute Gasteiger partial charge is 0.336 e. The highest BCUT2D eigenvalue weighted by molar-refractivity contribution is 6.42. The minimum absolute atomic E-state index is 0. The maximum Gasteiger partial charge on any atom is 0.243 e. The lowest BCUT2D eigenvalue weighted by Crippen LogP contribution is -2.35. The number of benzene rings is 1. The molecule has 1 aromatic carbocycles. The van der Waals surface area contributed by atoms with Crippen LogP contribution < -0.4 is 11.1 Å². The first-order valence-electron chi connectivity index (χ1n) is 6.54. The number of nitrogens with one attached hydrogen (secondary N) is 1. The van der Waals surface area contributed by atoms with Crippen molar-refractivity contribution >= 4 is 53.1 Å².